The van der Waals surface area contributed by atoms with Gasteiger partial charge in [-0.1, -0.05) is 13.3 Å². The third-order valence-corrected chi connectivity index (χ3v) is 4.74. The highest BCUT2D eigenvalue weighted by Gasteiger charge is 2.30. The van der Waals surface area contributed by atoms with Crippen molar-refractivity contribution >= 4 is 21.4 Å². The Morgan fingerprint density at radius 3 is 2.52 bits per heavy atom. The molecule has 1 aromatic carbocycles. The maximum Gasteiger partial charge on any atom is 0.227 e. The molecule has 1 amide bonds. The lowest BCUT2D eigenvalue weighted by atomic mass is 10.1. The number of rotatable bonds is 5. The number of nitrogens with zero attached hydrogens (tertiary/aromatic N) is 1. The van der Waals surface area contributed by atoms with Crippen LogP contribution in [0.5, 0.6) is 0 Å². The number of amides is 1. The van der Waals surface area contributed by atoms with Crippen molar-refractivity contribution in [1.82, 2.24) is 0 Å². The third-order valence-electron chi connectivity index (χ3n) is 3.36. The first-order valence-electron chi connectivity index (χ1n) is 6.91. The van der Waals surface area contributed by atoms with Crippen LogP contribution in [0.4, 0.5) is 10.1 Å². The normalized spacial score (nSPS) is 19.6. The second-order valence-electron chi connectivity index (χ2n) is 5.07. The van der Waals surface area contributed by atoms with Gasteiger partial charge in [0, 0.05) is 17.5 Å². The van der Waals surface area contributed by atoms with E-state index in [4.69, 9.17) is 0 Å². The number of benzene rings is 1. The van der Waals surface area contributed by atoms with Crippen molar-refractivity contribution in [3.8, 4) is 0 Å². The fourth-order valence-corrected chi connectivity index (χ4v) is 3.56. The molecule has 21 heavy (non-hydrogen) atoms. The van der Waals surface area contributed by atoms with Gasteiger partial charge in [0.1, 0.15) is 5.82 Å². The van der Waals surface area contributed by atoms with Gasteiger partial charge in [0.2, 0.25) is 5.91 Å². The third kappa shape index (κ3) is 3.91. The quantitative estimate of drug-likeness (QED) is 0.840. The standard InChI is InChI=1S/C15H18FNO3S/c1-2-3-4-15(18)17(13-7-5-12(16)6-8-13)14-9-10-21(19,20)11-14/h5-10,14H,2-4,11H2,1H3/t14-/m0/s1. The zero-order chi connectivity index (χ0) is 15.5. The second kappa shape index (κ2) is 6.39. The molecule has 0 radical (unpaired) electrons. The summed E-state index contributed by atoms with van der Waals surface area (Å²) in [6, 6.07) is 5.01. The highest BCUT2D eigenvalue weighted by atomic mass is 32.2. The van der Waals surface area contributed by atoms with Gasteiger partial charge in [-0.15, -0.1) is 0 Å². The van der Waals surface area contributed by atoms with Crippen LogP contribution in [0.2, 0.25) is 0 Å². The summed E-state index contributed by atoms with van der Waals surface area (Å²) in [7, 11) is -3.26. The molecule has 114 valence electrons. The molecule has 0 aromatic heterocycles. The fourth-order valence-electron chi connectivity index (χ4n) is 2.29. The smallest absolute Gasteiger partial charge is 0.227 e. The van der Waals surface area contributed by atoms with Crippen molar-refractivity contribution in [3.63, 3.8) is 0 Å². The Morgan fingerprint density at radius 1 is 1.33 bits per heavy atom. The molecule has 4 nitrogen and oxygen atoms in total. The lowest BCUT2D eigenvalue weighted by Crippen LogP contribution is -2.41. The van der Waals surface area contributed by atoms with E-state index in [-0.39, 0.29) is 11.7 Å². The molecule has 0 aliphatic carbocycles. The highest BCUT2D eigenvalue weighted by Crippen LogP contribution is 2.24. The van der Waals surface area contributed by atoms with Crippen molar-refractivity contribution in [3.05, 3.63) is 41.6 Å². The van der Waals surface area contributed by atoms with Crippen LogP contribution in [0, 0.1) is 5.82 Å². The van der Waals surface area contributed by atoms with E-state index in [1.165, 1.54) is 35.2 Å². The lowest BCUT2D eigenvalue weighted by molar-refractivity contribution is -0.118. The fraction of sp³-hybridized carbons (Fsp3) is 0.400. The molecule has 1 aliphatic heterocycles. The van der Waals surface area contributed by atoms with Crippen LogP contribution in [0.1, 0.15) is 26.2 Å². The Balaban J connectivity index is 2.29. The van der Waals surface area contributed by atoms with Crippen LogP contribution in [0.25, 0.3) is 0 Å². The molecule has 0 spiro atoms. The average molecular weight is 311 g/mol. The van der Waals surface area contributed by atoms with Gasteiger partial charge in [0.05, 0.1) is 11.8 Å². The average Bonchev–Trinajstić information content (AvgIpc) is 2.79. The Kier molecular flexibility index (Phi) is 4.77. The maximum absolute atomic E-state index is 13.0. The zero-order valence-electron chi connectivity index (χ0n) is 11.8. The Bertz CT molecular complexity index is 637. The molecule has 2 rings (SSSR count). The molecule has 1 atom stereocenters. The van der Waals surface area contributed by atoms with Crippen molar-refractivity contribution in [2.75, 3.05) is 10.7 Å². The maximum atomic E-state index is 13.0. The molecule has 1 heterocycles. The Hall–Kier alpha value is -1.69. The van der Waals surface area contributed by atoms with Crippen LogP contribution in [-0.2, 0) is 14.6 Å². The number of unbranched alkanes of at least 4 members (excludes halogenated alkanes) is 1. The van der Waals surface area contributed by atoms with E-state index >= 15 is 0 Å². The summed E-state index contributed by atoms with van der Waals surface area (Å²) in [5.41, 5.74) is 0.518. The van der Waals surface area contributed by atoms with Gasteiger partial charge in [0.15, 0.2) is 9.84 Å². The van der Waals surface area contributed by atoms with E-state index in [9.17, 15) is 17.6 Å². The highest BCUT2D eigenvalue weighted by molar-refractivity contribution is 7.94. The Labute approximate surface area is 124 Å². The van der Waals surface area contributed by atoms with Gasteiger partial charge >= 0.3 is 0 Å². The summed E-state index contributed by atoms with van der Waals surface area (Å²) in [4.78, 5) is 13.8. The number of carbonyl (C=O) groups excluding carboxylic acids is 1. The lowest BCUT2D eigenvalue weighted by Gasteiger charge is -2.27. The number of carbonyl (C=O) groups is 1. The van der Waals surface area contributed by atoms with Crippen molar-refractivity contribution in [2.24, 2.45) is 0 Å². The Morgan fingerprint density at radius 2 is 2.00 bits per heavy atom. The van der Waals surface area contributed by atoms with Crippen LogP contribution >= 0.6 is 0 Å². The first-order valence-corrected chi connectivity index (χ1v) is 8.63. The van der Waals surface area contributed by atoms with Gasteiger partial charge in [-0.3, -0.25) is 4.79 Å². The summed E-state index contributed by atoms with van der Waals surface area (Å²) in [5, 5.41) is 1.14. The van der Waals surface area contributed by atoms with Crippen LogP contribution in [-0.4, -0.2) is 26.1 Å². The van der Waals surface area contributed by atoms with E-state index in [1.807, 2.05) is 6.92 Å². The molecular weight excluding hydrogens is 293 g/mol. The number of hydrogen-bond acceptors (Lipinski definition) is 3. The van der Waals surface area contributed by atoms with Gasteiger partial charge in [0.25, 0.3) is 0 Å². The first kappa shape index (κ1) is 15.7. The zero-order valence-corrected chi connectivity index (χ0v) is 12.6. The topological polar surface area (TPSA) is 54.5 Å². The minimum Gasteiger partial charge on any atom is -0.304 e. The predicted molar refractivity (Wildman–Crippen MR) is 80.1 cm³/mol. The molecule has 6 heteroatoms. The van der Waals surface area contributed by atoms with Crippen molar-refractivity contribution in [2.45, 2.75) is 32.2 Å². The van der Waals surface area contributed by atoms with E-state index in [1.54, 1.807) is 0 Å². The molecule has 0 unspecified atom stereocenters. The van der Waals surface area contributed by atoms with Crippen LogP contribution in [0.15, 0.2) is 35.7 Å². The molecule has 0 saturated heterocycles. The summed E-state index contributed by atoms with van der Waals surface area (Å²) >= 11 is 0. The monoisotopic (exact) mass is 311 g/mol. The number of anilines is 1. The predicted octanol–water partition coefficient (Wildman–Crippen LogP) is 2.66. The molecule has 0 bridgehead atoms. The number of sulfone groups is 1. The molecular formula is C15H18FNO3S. The minimum atomic E-state index is -3.26. The van der Waals surface area contributed by atoms with Gasteiger partial charge in [-0.2, -0.15) is 0 Å². The number of hydrogen-bond donors (Lipinski definition) is 0. The van der Waals surface area contributed by atoms with Gasteiger partial charge in [-0.25, -0.2) is 12.8 Å². The molecule has 0 N–H and O–H groups in total. The van der Waals surface area contributed by atoms with Gasteiger partial charge < -0.3 is 4.90 Å². The van der Waals surface area contributed by atoms with Gasteiger partial charge in [-0.05, 0) is 36.8 Å². The summed E-state index contributed by atoms with van der Waals surface area (Å²) in [5.74, 6) is -0.660. The summed E-state index contributed by atoms with van der Waals surface area (Å²) < 4.78 is 36.2. The summed E-state index contributed by atoms with van der Waals surface area (Å²) in [6.45, 7) is 1.98. The molecule has 0 saturated carbocycles. The minimum absolute atomic E-state index is 0.123. The summed E-state index contributed by atoms with van der Waals surface area (Å²) in [6.07, 6.45) is 3.47. The SMILES string of the molecule is CCCCC(=O)N(c1ccc(F)cc1)[C@H]1C=CS(=O)(=O)C1. The van der Waals surface area contributed by atoms with E-state index in [2.05, 4.69) is 0 Å². The molecule has 1 aliphatic rings. The van der Waals surface area contributed by atoms with Crippen LogP contribution < -0.4 is 4.90 Å². The van der Waals surface area contributed by atoms with Crippen LogP contribution in [0.3, 0.4) is 0 Å². The number of halogens is 1. The van der Waals surface area contributed by atoms with Crippen molar-refractivity contribution < 1.29 is 17.6 Å². The largest absolute Gasteiger partial charge is 0.304 e. The first-order chi connectivity index (χ1) is 9.93. The van der Waals surface area contributed by atoms with E-state index < -0.39 is 21.7 Å². The molecule has 0 fully saturated rings. The second-order valence-corrected chi connectivity index (χ2v) is 7.00. The van der Waals surface area contributed by atoms with E-state index in [0.29, 0.717) is 12.1 Å². The molecule has 1 aromatic rings. The van der Waals surface area contributed by atoms with Crippen molar-refractivity contribution in [1.29, 1.82) is 0 Å². The van der Waals surface area contributed by atoms with E-state index in [0.717, 1.165) is 18.2 Å².